The molecule has 0 saturated carbocycles. The van der Waals surface area contributed by atoms with Crippen molar-refractivity contribution in [1.82, 2.24) is 15.0 Å². The van der Waals surface area contributed by atoms with Gasteiger partial charge in [0.25, 0.3) is 0 Å². The van der Waals surface area contributed by atoms with Gasteiger partial charge in [0.2, 0.25) is 5.95 Å². The monoisotopic (exact) mass is 217 g/mol. The van der Waals surface area contributed by atoms with Crippen LogP contribution in [0.1, 0.15) is 25.3 Å². The number of unbranched alkanes of at least 4 members (excludes halogenated alkanes) is 1. The quantitative estimate of drug-likeness (QED) is 0.813. The summed E-state index contributed by atoms with van der Waals surface area (Å²) < 4.78 is 0. The number of hydrogen-bond donors (Lipinski definition) is 2. The Morgan fingerprint density at radius 2 is 2.06 bits per heavy atom. The van der Waals surface area contributed by atoms with Gasteiger partial charge in [-0.3, -0.25) is 0 Å². The Kier molecular flexibility index (Phi) is 2.85. The lowest BCUT2D eigenvalue weighted by Crippen LogP contribution is -2.02. The maximum absolute atomic E-state index is 5.78. The fourth-order valence-electron chi connectivity index (χ4n) is 1.61. The molecule has 2 rings (SSSR count). The standard InChI is InChI=1S/C11H15N5/c1-2-3-4-7-5-8-9(12)15-11(13)16-10(8)14-6-7/h5-6H,2-4H2,1H3,(H4,12,13,14,15,16). The maximum Gasteiger partial charge on any atom is 0.224 e. The summed E-state index contributed by atoms with van der Waals surface area (Å²) in [4.78, 5) is 12.2. The topological polar surface area (TPSA) is 90.7 Å². The van der Waals surface area contributed by atoms with E-state index < -0.39 is 0 Å². The van der Waals surface area contributed by atoms with Gasteiger partial charge in [0, 0.05) is 6.20 Å². The van der Waals surface area contributed by atoms with Crippen LogP contribution in [0.2, 0.25) is 0 Å². The van der Waals surface area contributed by atoms with Gasteiger partial charge >= 0.3 is 0 Å². The van der Waals surface area contributed by atoms with Crippen LogP contribution in [0, 0.1) is 0 Å². The summed E-state index contributed by atoms with van der Waals surface area (Å²) in [6, 6.07) is 1.99. The average Bonchev–Trinajstić information content (AvgIpc) is 2.26. The Labute approximate surface area is 93.9 Å². The molecule has 84 valence electrons. The molecule has 2 aromatic rings. The minimum absolute atomic E-state index is 0.166. The number of anilines is 2. The third kappa shape index (κ3) is 2.03. The van der Waals surface area contributed by atoms with Crippen LogP contribution >= 0.6 is 0 Å². The summed E-state index contributed by atoms with van der Waals surface area (Å²) in [5.41, 5.74) is 13.0. The van der Waals surface area contributed by atoms with Crippen LogP contribution < -0.4 is 11.5 Å². The van der Waals surface area contributed by atoms with E-state index in [0.29, 0.717) is 11.5 Å². The van der Waals surface area contributed by atoms with Gasteiger partial charge < -0.3 is 11.5 Å². The molecule has 0 aliphatic heterocycles. The third-order valence-corrected chi connectivity index (χ3v) is 2.47. The van der Waals surface area contributed by atoms with E-state index in [0.717, 1.165) is 30.2 Å². The van der Waals surface area contributed by atoms with Gasteiger partial charge in [-0.15, -0.1) is 0 Å². The highest BCUT2D eigenvalue weighted by molar-refractivity contribution is 5.86. The van der Waals surface area contributed by atoms with Gasteiger partial charge in [-0.05, 0) is 24.5 Å². The fraction of sp³-hybridized carbons (Fsp3) is 0.364. The summed E-state index contributed by atoms with van der Waals surface area (Å²) in [6.07, 6.45) is 5.13. The summed E-state index contributed by atoms with van der Waals surface area (Å²) in [6.45, 7) is 2.16. The lowest BCUT2D eigenvalue weighted by molar-refractivity contribution is 0.793. The third-order valence-electron chi connectivity index (χ3n) is 2.47. The number of nitrogens with zero attached hydrogens (tertiary/aromatic N) is 3. The number of nitrogen functional groups attached to an aromatic ring is 2. The second-order valence-corrected chi connectivity index (χ2v) is 3.79. The van der Waals surface area contributed by atoms with E-state index in [-0.39, 0.29) is 5.95 Å². The van der Waals surface area contributed by atoms with E-state index in [1.807, 2.05) is 12.3 Å². The molecule has 0 aromatic carbocycles. The highest BCUT2D eigenvalue weighted by atomic mass is 15.1. The first-order valence-electron chi connectivity index (χ1n) is 5.38. The molecule has 0 amide bonds. The van der Waals surface area contributed by atoms with E-state index in [9.17, 15) is 0 Å². The van der Waals surface area contributed by atoms with E-state index in [4.69, 9.17) is 11.5 Å². The van der Waals surface area contributed by atoms with Gasteiger partial charge in [0.05, 0.1) is 5.39 Å². The lowest BCUT2D eigenvalue weighted by atomic mass is 10.1. The zero-order chi connectivity index (χ0) is 11.5. The average molecular weight is 217 g/mol. The summed E-state index contributed by atoms with van der Waals surface area (Å²) >= 11 is 0. The van der Waals surface area contributed by atoms with Crippen molar-refractivity contribution in [3.05, 3.63) is 17.8 Å². The predicted octanol–water partition coefficient (Wildman–Crippen LogP) is 1.53. The summed E-state index contributed by atoms with van der Waals surface area (Å²) in [5, 5.41) is 0.780. The number of fused-ring (bicyclic) bond motifs is 1. The van der Waals surface area contributed by atoms with Crippen molar-refractivity contribution in [1.29, 1.82) is 0 Å². The first-order chi connectivity index (χ1) is 7.70. The van der Waals surface area contributed by atoms with Crippen LogP contribution in [0.4, 0.5) is 11.8 Å². The molecule has 0 spiro atoms. The van der Waals surface area contributed by atoms with E-state index >= 15 is 0 Å². The molecule has 2 aromatic heterocycles. The van der Waals surface area contributed by atoms with E-state index in [1.165, 1.54) is 0 Å². The van der Waals surface area contributed by atoms with Crippen LogP contribution in [0.15, 0.2) is 12.3 Å². The normalized spacial score (nSPS) is 10.8. The van der Waals surface area contributed by atoms with E-state index in [2.05, 4.69) is 21.9 Å². The highest BCUT2D eigenvalue weighted by Crippen LogP contribution is 2.18. The van der Waals surface area contributed by atoms with E-state index in [1.54, 1.807) is 0 Å². The fourth-order valence-corrected chi connectivity index (χ4v) is 1.61. The molecule has 0 aliphatic rings. The van der Waals surface area contributed by atoms with Gasteiger partial charge in [-0.1, -0.05) is 13.3 Å². The number of pyridine rings is 1. The molecule has 4 N–H and O–H groups in total. The minimum Gasteiger partial charge on any atom is -0.383 e. The van der Waals surface area contributed by atoms with Gasteiger partial charge in [-0.25, -0.2) is 4.98 Å². The van der Waals surface area contributed by atoms with Crippen molar-refractivity contribution in [2.75, 3.05) is 11.5 Å². The van der Waals surface area contributed by atoms with Crippen molar-refractivity contribution in [3.63, 3.8) is 0 Å². The molecule has 5 heteroatoms. The first-order valence-corrected chi connectivity index (χ1v) is 5.38. The number of aryl methyl sites for hydroxylation is 1. The van der Waals surface area contributed by atoms with Crippen molar-refractivity contribution < 1.29 is 0 Å². The molecule has 0 bridgehead atoms. The van der Waals surface area contributed by atoms with Gasteiger partial charge in [-0.2, -0.15) is 9.97 Å². The number of nitrogens with two attached hydrogens (primary N) is 2. The minimum atomic E-state index is 0.166. The molecule has 16 heavy (non-hydrogen) atoms. The zero-order valence-electron chi connectivity index (χ0n) is 9.27. The molecule has 2 heterocycles. The number of hydrogen-bond acceptors (Lipinski definition) is 5. The summed E-state index contributed by atoms with van der Waals surface area (Å²) in [5.74, 6) is 0.562. The Bertz CT molecular complexity index is 509. The Morgan fingerprint density at radius 3 is 2.81 bits per heavy atom. The van der Waals surface area contributed by atoms with Crippen molar-refractivity contribution in [3.8, 4) is 0 Å². The van der Waals surface area contributed by atoms with Crippen LogP contribution in [0.25, 0.3) is 11.0 Å². The molecule has 0 fully saturated rings. The number of rotatable bonds is 3. The lowest BCUT2D eigenvalue weighted by Gasteiger charge is -2.04. The molecule has 0 atom stereocenters. The second-order valence-electron chi connectivity index (χ2n) is 3.79. The van der Waals surface area contributed by atoms with Crippen LogP contribution in [-0.4, -0.2) is 15.0 Å². The molecule has 0 radical (unpaired) electrons. The first kappa shape index (κ1) is 10.6. The maximum atomic E-state index is 5.78. The SMILES string of the molecule is CCCCc1cnc2nc(N)nc(N)c2c1. The molecular weight excluding hydrogens is 202 g/mol. The molecular formula is C11H15N5. The van der Waals surface area contributed by atoms with Gasteiger partial charge in [0.15, 0.2) is 5.65 Å². The van der Waals surface area contributed by atoms with Crippen LogP contribution in [-0.2, 0) is 6.42 Å². The zero-order valence-corrected chi connectivity index (χ0v) is 9.27. The molecule has 0 saturated heterocycles. The molecule has 0 unspecified atom stereocenters. The summed E-state index contributed by atoms with van der Waals surface area (Å²) in [7, 11) is 0. The van der Waals surface area contributed by atoms with Crippen molar-refractivity contribution >= 4 is 22.8 Å². The predicted molar refractivity (Wildman–Crippen MR) is 64.8 cm³/mol. The number of aromatic nitrogens is 3. The highest BCUT2D eigenvalue weighted by Gasteiger charge is 2.05. The van der Waals surface area contributed by atoms with Crippen LogP contribution in [0.3, 0.4) is 0 Å². The van der Waals surface area contributed by atoms with Crippen molar-refractivity contribution in [2.24, 2.45) is 0 Å². The molecule has 5 nitrogen and oxygen atoms in total. The largest absolute Gasteiger partial charge is 0.383 e. The van der Waals surface area contributed by atoms with Crippen molar-refractivity contribution in [2.45, 2.75) is 26.2 Å². The smallest absolute Gasteiger partial charge is 0.224 e. The Hall–Kier alpha value is -1.91. The van der Waals surface area contributed by atoms with Gasteiger partial charge in [0.1, 0.15) is 5.82 Å². The Morgan fingerprint density at radius 1 is 1.25 bits per heavy atom. The van der Waals surface area contributed by atoms with Crippen LogP contribution in [0.5, 0.6) is 0 Å². The molecule has 0 aliphatic carbocycles. The second kappa shape index (κ2) is 4.30. The Balaban J connectivity index is 2.45.